The topological polar surface area (TPSA) is 109 Å². The number of halogens is 1. The molecule has 0 radical (unpaired) electrons. The van der Waals surface area contributed by atoms with Crippen molar-refractivity contribution in [2.75, 3.05) is 25.9 Å². The van der Waals surface area contributed by atoms with Crippen molar-refractivity contribution >= 4 is 53.4 Å². The summed E-state index contributed by atoms with van der Waals surface area (Å²) in [5, 5.41) is 13.6. The summed E-state index contributed by atoms with van der Waals surface area (Å²) in [7, 11) is 1.93. The van der Waals surface area contributed by atoms with E-state index in [2.05, 4.69) is 67.8 Å². The summed E-state index contributed by atoms with van der Waals surface area (Å²) >= 11 is -0.203. The molecule has 10 heteroatoms. The number of amides is 1. The lowest BCUT2D eigenvalue weighted by Gasteiger charge is -2.35. The molecule has 1 aliphatic carbocycles. The molecule has 0 spiro atoms. The summed E-state index contributed by atoms with van der Waals surface area (Å²) in [4.78, 5) is 19.3. The lowest BCUT2D eigenvalue weighted by molar-refractivity contribution is -0.616. The molecule has 196 valence electrons. The van der Waals surface area contributed by atoms with Crippen LogP contribution in [0.25, 0.3) is 11.1 Å². The normalized spacial score (nSPS) is 21.1. The summed E-state index contributed by atoms with van der Waals surface area (Å²) < 4.78 is 4.54. The van der Waals surface area contributed by atoms with Gasteiger partial charge in [0, 0.05) is 12.1 Å². The molecular weight excluding hydrogens is 591 g/mol. The molecule has 3 aromatic rings. The molecule has 4 N–H and O–H groups in total. The first kappa shape index (κ1) is 24.9. The molecule has 38 heavy (non-hydrogen) atoms. The number of rotatable bonds is 6. The van der Waals surface area contributed by atoms with Crippen LogP contribution in [0.3, 0.4) is 0 Å². The molecule has 2 atom stereocenters. The van der Waals surface area contributed by atoms with Crippen molar-refractivity contribution in [3.8, 4) is 0 Å². The van der Waals surface area contributed by atoms with E-state index in [1.807, 2.05) is 27.8 Å². The van der Waals surface area contributed by atoms with E-state index >= 15 is 0 Å². The van der Waals surface area contributed by atoms with Crippen LogP contribution < -0.4 is 11.1 Å². The van der Waals surface area contributed by atoms with Gasteiger partial charge in [-0.05, 0) is 42.5 Å². The molecular formula is C28H32IN8O+. The highest BCUT2D eigenvalue weighted by molar-refractivity contribution is 14.2. The second-order valence-corrected chi connectivity index (χ2v) is 12.4. The Morgan fingerprint density at radius 1 is 1.24 bits per heavy atom. The number of likely N-dealkylation sites (N-methyl/N-ethyl adjacent to an activating group) is 1. The van der Waals surface area contributed by atoms with E-state index in [1.165, 1.54) is 11.9 Å². The fourth-order valence-corrected chi connectivity index (χ4v) is 7.61. The van der Waals surface area contributed by atoms with Gasteiger partial charge in [0.1, 0.15) is 11.8 Å². The third kappa shape index (κ3) is 4.78. The maximum Gasteiger partial charge on any atom is 0.278 e. The van der Waals surface area contributed by atoms with Crippen molar-refractivity contribution in [2.45, 2.75) is 35.8 Å². The van der Waals surface area contributed by atoms with Crippen LogP contribution in [0, 0.1) is 0 Å². The molecule has 2 unspecified atom stereocenters. The first-order chi connectivity index (χ1) is 18.6. The summed E-state index contributed by atoms with van der Waals surface area (Å²) in [6.45, 7) is 1.97. The number of hydrogen-bond acceptors (Lipinski definition) is 6. The molecule has 2 aliphatic heterocycles. The summed E-state index contributed by atoms with van der Waals surface area (Å²) in [5.41, 5.74) is 12.6. The lowest BCUT2D eigenvalue weighted by atomic mass is 9.96. The quantitative estimate of drug-likeness (QED) is 0.324. The summed E-state index contributed by atoms with van der Waals surface area (Å²) in [6.07, 6.45) is 11.2. The van der Waals surface area contributed by atoms with Gasteiger partial charge in [0.2, 0.25) is 0 Å². The van der Waals surface area contributed by atoms with Crippen molar-refractivity contribution in [2.24, 2.45) is 5.10 Å². The Hall–Kier alpha value is -3.38. The predicted octanol–water partition coefficient (Wildman–Crippen LogP) is 2.48. The van der Waals surface area contributed by atoms with Crippen LogP contribution in [0.15, 0.2) is 66.1 Å². The smallest absolute Gasteiger partial charge is 0.278 e. The second kappa shape index (κ2) is 10.8. The van der Waals surface area contributed by atoms with E-state index in [0.29, 0.717) is 16.3 Å². The number of alkyl halides is 1. The zero-order chi connectivity index (χ0) is 26.1. The Labute approximate surface area is 231 Å². The SMILES string of the molecule is C[NH2+]CC(=O)N1CCCCC1c1cc(C2=CC3=NN(Cc4ccccc4)C=IC3C=C2)c2c(N)ncnn12. The van der Waals surface area contributed by atoms with Gasteiger partial charge in [-0.3, -0.25) is 9.80 Å². The molecule has 9 nitrogen and oxygen atoms in total. The first-order valence-electron chi connectivity index (χ1n) is 13.1. The van der Waals surface area contributed by atoms with Crippen LogP contribution >= 0.6 is 20.7 Å². The number of likely N-dealkylation sites (tertiary alicyclic amines) is 1. The molecule has 3 aliphatic rings. The number of anilines is 1. The van der Waals surface area contributed by atoms with Crippen LogP contribution in [0.5, 0.6) is 0 Å². The maximum absolute atomic E-state index is 13.0. The number of benzene rings is 1. The van der Waals surface area contributed by atoms with Gasteiger partial charge in [0.15, 0.2) is 12.4 Å². The Kier molecular flexibility index (Phi) is 7.07. The molecule has 1 aromatic carbocycles. The van der Waals surface area contributed by atoms with Crippen LogP contribution in [0.2, 0.25) is 0 Å². The largest absolute Gasteiger partial charge is 0.382 e. The molecule has 0 bridgehead atoms. The van der Waals surface area contributed by atoms with E-state index in [0.717, 1.165) is 60.4 Å². The van der Waals surface area contributed by atoms with Gasteiger partial charge in [-0.2, -0.15) is 10.2 Å². The highest BCUT2D eigenvalue weighted by Crippen LogP contribution is 2.38. The zero-order valence-corrected chi connectivity index (χ0v) is 23.5. The van der Waals surface area contributed by atoms with Crippen molar-refractivity contribution < 1.29 is 10.1 Å². The molecule has 2 aromatic heterocycles. The molecule has 1 saturated heterocycles. The number of allylic oxidation sites excluding steroid dienone is 4. The number of piperidine rings is 1. The van der Waals surface area contributed by atoms with Gasteiger partial charge >= 0.3 is 0 Å². The van der Waals surface area contributed by atoms with Crippen molar-refractivity contribution in [1.29, 1.82) is 0 Å². The fourth-order valence-electron chi connectivity index (χ4n) is 5.45. The fraction of sp³-hybridized carbons (Fsp3) is 0.321. The Morgan fingerprint density at radius 2 is 2.11 bits per heavy atom. The predicted molar refractivity (Wildman–Crippen MR) is 159 cm³/mol. The number of nitrogen functional groups attached to an aromatic ring is 1. The van der Waals surface area contributed by atoms with Gasteiger partial charge in [0.05, 0.1) is 39.1 Å². The Bertz CT molecular complexity index is 1470. The third-order valence-electron chi connectivity index (χ3n) is 7.23. The standard InChI is InChI=1S/C28H31IN8O/c1-31-15-26(38)36-12-6-5-9-24(36)25-14-21(27-28(30)32-18-33-37(25)27)20-10-11-22-23(13-20)34-35(17-29-22)16-19-7-3-2-4-8-19/h2-4,7-8,10-11,13-14,17-18,22,24,31H,5-6,9,12,15-16H2,1H3,(H2,30,32,33)/p+1. The van der Waals surface area contributed by atoms with Gasteiger partial charge < -0.3 is 16.0 Å². The van der Waals surface area contributed by atoms with Gasteiger partial charge in [-0.25, -0.2) is 9.50 Å². The van der Waals surface area contributed by atoms with Gasteiger partial charge in [-0.15, -0.1) is 0 Å². The minimum atomic E-state index is -0.203. The van der Waals surface area contributed by atoms with Crippen molar-refractivity contribution in [3.05, 3.63) is 77.8 Å². The molecule has 1 fully saturated rings. The monoisotopic (exact) mass is 623 g/mol. The average molecular weight is 624 g/mol. The number of aromatic nitrogens is 3. The molecule has 6 rings (SSSR count). The van der Waals surface area contributed by atoms with E-state index in [1.54, 1.807) is 0 Å². The summed E-state index contributed by atoms with van der Waals surface area (Å²) in [6, 6.07) is 12.6. The Balaban J connectivity index is 1.38. The number of carbonyl (C=O) groups excluding carboxylic acids is 1. The first-order valence-corrected chi connectivity index (χ1v) is 15.6. The van der Waals surface area contributed by atoms with Crippen LogP contribution in [0.1, 0.15) is 42.1 Å². The average Bonchev–Trinajstić information content (AvgIpc) is 3.34. The van der Waals surface area contributed by atoms with Gasteiger partial charge in [0.25, 0.3) is 5.91 Å². The van der Waals surface area contributed by atoms with E-state index < -0.39 is 0 Å². The Morgan fingerprint density at radius 3 is 2.95 bits per heavy atom. The summed E-state index contributed by atoms with van der Waals surface area (Å²) in [5.74, 6) is 0.593. The minimum absolute atomic E-state index is 0.0403. The lowest BCUT2D eigenvalue weighted by Crippen LogP contribution is -2.82. The molecule has 0 saturated carbocycles. The van der Waals surface area contributed by atoms with Gasteiger partial charge in [-0.1, -0.05) is 63.2 Å². The number of carbonyl (C=O) groups is 1. The van der Waals surface area contributed by atoms with Crippen molar-refractivity contribution in [1.82, 2.24) is 24.5 Å². The number of hydrazone groups is 1. The number of nitrogens with zero attached hydrogens (tertiary/aromatic N) is 6. The highest BCUT2D eigenvalue weighted by Gasteiger charge is 2.32. The van der Waals surface area contributed by atoms with Crippen LogP contribution in [-0.2, 0) is 11.3 Å². The highest BCUT2D eigenvalue weighted by atomic mass is 127. The third-order valence-corrected chi connectivity index (χ3v) is 10.0. The van der Waals surface area contributed by atoms with E-state index in [9.17, 15) is 4.79 Å². The minimum Gasteiger partial charge on any atom is -0.382 e. The number of fused-ring (bicyclic) bond motifs is 2. The number of quaternary nitrogens is 1. The van der Waals surface area contributed by atoms with Crippen LogP contribution in [0.4, 0.5) is 5.82 Å². The second-order valence-electron chi connectivity index (χ2n) is 9.79. The number of hydrogen-bond donors (Lipinski definition) is 2. The van der Waals surface area contributed by atoms with Crippen molar-refractivity contribution in [3.63, 3.8) is 0 Å². The molecule has 1 amide bonds. The maximum atomic E-state index is 13.0. The van der Waals surface area contributed by atoms with E-state index in [-0.39, 0.29) is 32.7 Å². The molecule has 4 heterocycles. The number of nitrogens with two attached hydrogens (primary N) is 2. The zero-order valence-electron chi connectivity index (χ0n) is 21.4. The van der Waals surface area contributed by atoms with Crippen LogP contribution in [-0.4, -0.2) is 64.3 Å². The van der Waals surface area contributed by atoms with E-state index in [4.69, 9.17) is 10.8 Å².